The summed E-state index contributed by atoms with van der Waals surface area (Å²) in [5.74, 6) is 9.40. The Morgan fingerprint density at radius 2 is 0.378 bits per heavy atom. The molecule has 0 unspecified atom stereocenters. The normalized spacial score (nSPS) is 18.2. The van der Waals surface area contributed by atoms with Crippen molar-refractivity contribution in [1.82, 2.24) is 0 Å². The molecule has 3 aliphatic rings. The maximum absolute atomic E-state index is 6.27. The van der Waals surface area contributed by atoms with Crippen molar-refractivity contribution in [3.8, 4) is 69.0 Å². The average molecular weight is 1320 g/mol. The minimum absolute atomic E-state index is 0.534. The largest absolute Gasteiger partial charge is 0.497 e. The number of hydrogen-bond donors (Lipinski definition) is 0. The first-order valence-corrected chi connectivity index (χ1v) is 34.4. The number of benzene rings is 9. The first-order valence-electron chi connectivity index (χ1n) is 34.4. The third kappa shape index (κ3) is 11.0. The number of fused-ring (bicyclic) bond motifs is 9. The lowest BCUT2D eigenvalue weighted by molar-refractivity contribution is 0.0540. The molecule has 0 bridgehead atoms. The zero-order valence-electron chi connectivity index (χ0n) is 60.2. The van der Waals surface area contributed by atoms with E-state index in [-0.39, 0.29) is 0 Å². The molecular weight excluding hydrogens is 1220 g/mol. The predicted octanol–water partition coefficient (Wildman–Crippen LogP) is 17.9. The topological polar surface area (TPSA) is 111 Å². The molecule has 0 aromatic heterocycles. The van der Waals surface area contributed by atoms with Crippen LogP contribution in [0.25, 0.3) is 0 Å². The van der Waals surface area contributed by atoms with E-state index in [9.17, 15) is 0 Å². The van der Waals surface area contributed by atoms with E-state index in [2.05, 4.69) is 100 Å². The molecule has 12 heteroatoms. The van der Waals surface area contributed by atoms with Crippen molar-refractivity contribution in [2.45, 2.75) is 121 Å². The molecule has 98 heavy (non-hydrogen) atoms. The smallest absolute Gasteiger partial charge is 0.122 e. The first kappa shape index (κ1) is 68.5. The van der Waals surface area contributed by atoms with Crippen LogP contribution in [-0.4, -0.2) is 85.3 Å². The van der Waals surface area contributed by atoms with Gasteiger partial charge in [0.2, 0.25) is 0 Å². The van der Waals surface area contributed by atoms with Crippen LogP contribution < -0.4 is 56.8 Å². The van der Waals surface area contributed by atoms with E-state index >= 15 is 0 Å². The first-order chi connectivity index (χ1) is 47.6. The van der Waals surface area contributed by atoms with Gasteiger partial charge in [-0.2, -0.15) is 0 Å². The molecule has 0 radical (unpaired) electrons. The Morgan fingerprint density at radius 3 is 0.510 bits per heavy atom. The maximum atomic E-state index is 6.27. The predicted molar refractivity (Wildman–Crippen MR) is 389 cm³/mol. The van der Waals surface area contributed by atoms with Gasteiger partial charge < -0.3 is 56.8 Å². The minimum atomic E-state index is -0.582. The van der Waals surface area contributed by atoms with Crippen molar-refractivity contribution in [2.75, 3.05) is 85.3 Å². The van der Waals surface area contributed by atoms with E-state index in [1.165, 1.54) is 66.8 Å². The molecule has 9 aromatic rings. The molecule has 12 rings (SSSR count). The second kappa shape index (κ2) is 28.2. The molecule has 0 aliphatic heterocycles. The molecule has 0 fully saturated rings. The zero-order chi connectivity index (χ0) is 69.3. The fourth-order valence-electron chi connectivity index (χ4n) is 18.4. The average Bonchev–Trinajstić information content (AvgIpc) is 1.43. The van der Waals surface area contributed by atoms with Crippen LogP contribution in [0.1, 0.15) is 166 Å². The standard InChI is InChI=1S/C86H96O12/c1-17-32-84-71-47-53(35-59-41-65(87-5)20-26-77(59)93-11)55(37-61-43-67(89-7)22-28-79(61)95-13)49-73(71)85(33-18-2)75-51-57(39-63-45-69(91-9)24-30-81(63)97-15)58(40-64-46-70(92-10)25-31-82(64)98-16)52-76(75)86(34-19-3,83(84,85)4)74-50-56(38-62-44-68(90-8)23-29-80(62)96-14)54(48-72(74)84)36-60-42-66(88-6)21-27-78(60)94-12/h20-31,41-52H,17-19,32-40H2,1-16H3. The molecular formula is C86H96O12. The van der Waals surface area contributed by atoms with Crippen molar-refractivity contribution in [3.05, 3.63) is 246 Å². The second-order valence-corrected chi connectivity index (χ2v) is 26.7. The highest BCUT2D eigenvalue weighted by molar-refractivity contribution is 5.80. The zero-order valence-corrected chi connectivity index (χ0v) is 60.2. The molecule has 0 amide bonds. The van der Waals surface area contributed by atoms with Gasteiger partial charge in [0.25, 0.3) is 0 Å². The van der Waals surface area contributed by atoms with Crippen molar-refractivity contribution >= 4 is 0 Å². The van der Waals surface area contributed by atoms with Gasteiger partial charge in [0.1, 0.15) is 69.0 Å². The van der Waals surface area contributed by atoms with Crippen LogP contribution in [0.3, 0.4) is 0 Å². The van der Waals surface area contributed by atoms with Gasteiger partial charge in [0, 0.05) is 93.6 Å². The Morgan fingerprint density at radius 1 is 0.214 bits per heavy atom. The summed E-state index contributed by atoms with van der Waals surface area (Å²) in [5.41, 5.74) is 19.4. The van der Waals surface area contributed by atoms with Crippen LogP contribution in [0.5, 0.6) is 69.0 Å². The summed E-state index contributed by atoms with van der Waals surface area (Å²) in [4.78, 5) is 0. The lowest BCUT2D eigenvalue weighted by Crippen LogP contribution is -2.54. The van der Waals surface area contributed by atoms with Crippen LogP contribution >= 0.6 is 0 Å². The van der Waals surface area contributed by atoms with Gasteiger partial charge in [0.15, 0.2) is 0 Å². The molecule has 12 nitrogen and oxygen atoms in total. The summed E-state index contributed by atoms with van der Waals surface area (Å²) in [7, 11) is 21.0. The summed E-state index contributed by atoms with van der Waals surface area (Å²) in [5, 5.41) is 0. The highest BCUT2D eigenvalue weighted by Crippen LogP contribution is 2.85. The molecule has 0 saturated carbocycles. The van der Waals surface area contributed by atoms with E-state index in [0.717, 1.165) is 141 Å². The van der Waals surface area contributed by atoms with Gasteiger partial charge in [-0.05, 0) is 195 Å². The SMILES string of the molecule is CCCC12c3cc(Cc4cc(OC)ccc4OC)c(Cc4cc(OC)ccc4OC)cc3C3(CCC)c4cc(Cc5cc(OC)ccc5OC)c(Cc5cc(OC)ccc5OC)cc4C(CCC)(c4cc(Cc5cc(OC)ccc5OC)c(Cc5cc(OC)ccc5OC)cc41)C23C. The van der Waals surface area contributed by atoms with Crippen LogP contribution in [0, 0.1) is 5.41 Å². The Balaban J connectivity index is 1.28. The molecule has 0 saturated heterocycles. The van der Waals surface area contributed by atoms with Gasteiger partial charge in [-0.3, -0.25) is 0 Å². The van der Waals surface area contributed by atoms with Gasteiger partial charge in [-0.1, -0.05) is 83.4 Å². The molecule has 0 spiro atoms. The Bertz CT molecular complexity index is 3730. The molecule has 0 N–H and O–H groups in total. The van der Waals surface area contributed by atoms with E-state index in [1.54, 1.807) is 85.3 Å². The van der Waals surface area contributed by atoms with Gasteiger partial charge in [-0.25, -0.2) is 0 Å². The summed E-state index contributed by atoms with van der Waals surface area (Å²) >= 11 is 0. The van der Waals surface area contributed by atoms with Crippen molar-refractivity contribution in [3.63, 3.8) is 0 Å². The summed E-state index contributed by atoms with van der Waals surface area (Å²) < 4.78 is 73.6. The lowest BCUT2D eigenvalue weighted by atomic mass is 9.48. The monoisotopic (exact) mass is 1320 g/mol. The fraction of sp³-hybridized carbons (Fsp3) is 0.372. The molecule has 0 heterocycles. The summed E-state index contributed by atoms with van der Waals surface area (Å²) in [6, 6.07) is 52.9. The van der Waals surface area contributed by atoms with Crippen molar-refractivity contribution < 1.29 is 56.8 Å². The highest BCUT2D eigenvalue weighted by atomic mass is 16.5. The Kier molecular flexibility index (Phi) is 19.7. The fourth-order valence-corrected chi connectivity index (χ4v) is 18.4. The molecule has 512 valence electrons. The second-order valence-electron chi connectivity index (χ2n) is 26.7. The molecule has 0 atom stereocenters. The Hall–Kier alpha value is -9.42. The number of ether oxygens (including phenoxy) is 12. The van der Waals surface area contributed by atoms with Crippen LogP contribution in [-0.2, 0) is 54.8 Å². The quantitative estimate of drug-likeness (QED) is 0.0427. The van der Waals surface area contributed by atoms with E-state index in [0.29, 0.717) is 38.5 Å². The van der Waals surface area contributed by atoms with Crippen LogP contribution in [0.2, 0.25) is 0 Å². The maximum Gasteiger partial charge on any atom is 0.122 e. The third-order valence-electron chi connectivity index (χ3n) is 22.4. The molecule has 3 aliphatic carbocycles. The lowest BCUT2D eigenvalue weighted by Gasteiger charge is -2.53. The van der Waals surface area contributed by atoms with Gasteiger partial charge in [-0.15, -0.1) is 0 Å². The number of methoxy groups -OCH3 is 12. The van der Waals surface area contributed by atoms with Crippen molar-refractivity contribution in [1.29, 1.82) is 0 Å². The van der Waals surface area contributed by atoms with E-state index in [1.807, 2.05) is 72.8 Å². The summed E-state index contributed by atoms with van der Waals surface area (Å²) in [6.07, 6.45) is 8.84. The van der Waals surface area contributed by atoms with Gasteiger partial charge in [0.05, 0.1) is 85.3 Å². The summed E-state index contributed by atoms with van der Waals surface area (Å²) in [6.45, 7) is 9.94. The van der Waals surface area contributed by atoms with Crippen molar-refractivity contribution in [2.24, 2.45) is 5.41 Å². The van der Waals surface area contributed by atoms with E-state index in [4.69, 9.17) is 56.8 Å². The van der Waals surface area contributed by atoms with Crippen LogP contribution in [0.4, 0.5) is 0 Å². The van der Waals surface area contributed by atoms with Gasteiger partial charge >= 0.3 is 0 Å². The highest BCUT2D eigenvalue weighted by Gasteiger charge is 2.82. The minimum Gasteiger partial charge on any atom is -0.497 e. The van der Waals surface area contributed by atoms with E-state index < -0.39 is 21.7 Å². The molecule has 9 aromatic carbocycles. The number of hydrogen-bond acceptors (Lipinski definition) is 12. The number of rotatable bonds is 30. The third-order valence-corrected chi connectivity index (χ3v) is 22.4. The van der Waals surface area contributed by atoms with Crippen LogP contribution in [0.15, 0.2) is 146 Å². The Labute approximate surface area is 580 Å².